The Balaban J connectivity index is 2.20. The second kappa shape index (κ2) is 6.32. The van der Waals surface area contributed by atoms with Gasteiger partial charge in [0.05, 0.1) is 0 Å². The van der Waals surface area contributed by atoms with Crippen molar-refractivity contribution in [2.45, 2.75) is 31.6 Å². The summed E-state index contributed by atoms with van der Waals surface area (Å²) in [4.78, 5) is 11.5. The molecule has 0 spiro atoms. The van der Waals surface area contributed by atoms with Crippen molar-refractivity contribution in [3.8, 4) is 5.75 Å². The third-order valence-corrected chi connectivity index (χ3v) is 4.77. The zero-order valence-corrected chi connectivity index (χ0v) is 13.6. The lowest BCUT2D eigenvalue weighted by Crippen LogP contribution is -2.10. The second-order valence-corrected chi connectivity index (χ2v) is 6.80. The van der Waals surface area contributed by atoms with Gasteiger partial charge in [-0.3, -0.25) is 4.79 Å². The van der Waals surface area contributed by atoms with Gasteiger partial charge in [-0.2, -0.15) is 8.42 Å². The number of benzene rings is 2. The summed E-state index contributed by atoms with van der Waals surface area (Å²) < 4.78 is 29.4. The third kappa shape index (κ3) is 3.74. The number of aryl methyl sites for hydroxylation is 1. The molecule has 1 atom stereocenters. The van der Waals surface area contributed by atoms with Crippen LogP contribution in [0.4, 0.5) is 0 Å². The van der Waals surface area contributed by atoms with Crippen molar-refractivity contribution in [1.29, 1.82) is 0 Å². The topological polar surface area (TPSA) is 60.4 Å². The Morgan fingerprint density at radius 1 is 1.00 bits per heavy atom. The molecule has 0 bridgehead atoms. The zero-order chi connectivity index (χ0) is 16.3. The summed E-state index contributed by atoms with van der Waals surface area (Å²) in [5.74, 6) is 0.0591. The molecule has 0 saturated heterocycles. The van der Waals surface area contributed by atoms with E-state index in [0.717, 1.165) is 11.1 Å². The van der Waals surface area contributed by atoms with Gasteiger partial charge in [-0.1, -0.05) is 36.8 Å². The van der Waals surface area contributed by atoms with Crippen molar-refractivity contribution < 1.29 is 17.4 Å². The smallest absolute Gasteiger partial charge is 0.339 e. The zero-order valence-electron chi connectivity index (χ0n) is 12.7. The minimum Gasteiger partial charge on any atom is -0.379 e. The molecular weight excluding hydrogens is 300 g/mol. The van der Waals surface area contributed by atoms with Crippen molar-refractivity contribution in [2.75, 3.05) is 0 Å². The Bertz CT molecular complexity index is 759. The van der Waals surface area contributed by atoms with Crippen LogP contribution >= 0.6 is 0 Å². The molecule has 0 aliphatic heterocycles. The highest BCUT2D eigenvalue weighted by Crippen LogP contribution is 2.23. The van der Waals surface area contributed by atoms with Crippen molar-refractivity contribution in [2.24, 2.45) is 0 Å². The number of rotatable bonds is 5. The first-order valence-corrected chi connectivity index (χ1v) is 8.32. The summed E-state index contributed by atoms with van der Waals surface area (Å²) in [6.45, 7) is 5.21. The van der Waals surface area contributed by atoms with Gasteiger partial charge in [-0.05, 0) is 43.7 Å². The van der Waals surface area contributed by atoms with Crippen LogP contribution in [0.2, 0.25) is 0 Å². The quantitative estimate of drug-likeness (QED) is 0.792. The Labute approximate surface area is 130 Å². The maximum absolute atomic E-state index is 12.2. The molecule has 1 unspecified atom stereocenters. The van der Waals surface area contributed by atoms with Gasteiger partial charge >= 0.3 is 10.1 Å². The summed E-state index contributed by atoms with van der Waals surface area (Å²) in [6.07, 6.45) is 0. The number of carbonyl (C=O) groups is 1. The van der Waals surface area contributed by atoms with Crippen LogP contribution in [0.25, 0.3) is 0 Å². The highest BCUT2D eigenvalue weighted by Gasteiger charge is 2.17. The molecule has 0 saturated carbocycles. The average Bonchev–Trinajstić information content (AvgIpc) is 2.47. The predicted octanol–water partition coefficient (Wildman–Crippen LogP) is 3.46. The van der Waals surface area contributed by atoms with Gasteiger partial charge in [0.1, 0.15) is 16.4 Å². The molecule has 0 aromatic heterocycles. The van der Waals surface area contributed by atoms with E-state index in [2.05, 4.69) is 0 Å². The highest BCUT2D eigenvalue weighted by molar-refractivity contribution is 7.87. The molecule has 0 amide bonds. The average molecular weight is 318 g/mol. The maximum atomic E-state index is 12.2. The van der Waals surface area contributed by atoms with E-state index >= 15 is 0 Å². The molecule has 0 radical (unpaired) electrons. The van der Waals surface area contributed by atoms with Gasteiger partial charge in [0.25, 0.3) is 0 Å². The van der Waals surface area contributed by atoms with Crippen molar-refractivity contribution in [1.82, 2.24) is 0 Å². The molecule has 116 valence electrons. The molecule has 0 fully saturated rings. The molecule has 0 aliphatic rings. The number of Topliss-reactive ketones (excluding diaryl/α,β-unsaturated/α-hetero) is 1. The summed E-state index contributed by atoms with van der Waals surface area (Å²) in [6, 6.07) is 13.0. The van der Waals surface area contributed by atoms with E-state index in [1.54, 1.807) is 43.3 Å². The minimum absolute atomic E-state index is 0.0564. The van der Waals surface area contributed by atoms with Crippen LogP contribution in [0.3, 0.4) is 0 Å². The van der Waals surface area contributed by atoms with Gasteiger partial charge in [0.2, 0.25) is 0 Å². The van der Waals surface area contributed by atoms with Crippen molar-refractivity contribution in [3.05, 3.63) is 59.7 Å². The first kappa shape index (κ1) is 16.2. The van der Waals surface area contributed by atoms with E-state index in [-0.39, 0.29) is 22.3 Å². The van der Waals surface area contributed by atoms with E-state index in [4.69, 9.17) is 4.18 Å². The standard InChI is InChI=1S/C17H18O4S/c1-12-4-10-17(11-5-12)22(19,20)21-16-8-6-15(7-9-16)13(2)14(3)18/h4-11,13H,1-3H3. The molecule has 0 aliphatic carbocycles. The lowest BCUT2D eigenvalue weighted by atomic mass is 9.98. The molecule has 2 rings (SSSR count). The predicted molar refractivity (Wildman–Crippen MR) is 84.5 cm³/mol. The maximum Gasteiger partial charge on any atom is 0.339 e. The van der Waals surface area contributed by atoms with Crippen molar-refractivity contribution >= 4 is 15.9 Å². The number of carbonyl (C=O) groups excluding carboxylic acids is 1. The summed E-state index contributed by atoms with van der Waals surface area (Å²) in [5.41, 5.74) is 1.80. The second-order valence-electron chi connectivity index (χ2n) is 5.25. The molecule has 4 nitrogen and oxygen atoms in total. The fourth-order valence-corrected chi connectivity index (χ4v) is 2.86. The largest absolute Gasteiger partial charge is 0.379 e. The van der Waals surface area contributed by atoms with Gasteiger partial charge in [0, 0.05) is 5.92 Å². The van der Waals surface area contributed by atoms with E-state index in [0.29, 0.717) is 0 Å². The van der Waals surface area contributed by atoms with Crippen LogP contribution in [0.15, 0.2) is 53.4 Å². The van der Waals surface area contributed by atoms with Gasteiger partial charge in [-0.25, -0.2) is 0 Å². The molecule has 0 heterocycles. The van der Waals surface area contributed by atoms with Crippen LogP contribution in [0, 0.1) is 6.92 Å². The van der Waals surface area contributed by atoms with E-state index < -0.39 is 10.1 Å². The summed E-state index contributed by atoms with van der Waals surface area (Å²) in [7, 11) is -3.85. The lowest BCUT2D eigenvalue weighted by Gasteiger charge is -2.10. The SMILES string of the molecule is CC(=O)C(C)c1ccc(OS(=O)(=O)c2ccc(C)cc2)cc1. The van der Waals surface area contributed by atoms with Crippen LogP contribution < -0.4 is 4.18 Å². The van der Waals surface area contributed by atoms with Gasteiger partial charge < -0.3 is 4.18 Å². The molecular formula is C17H18O4S. The van der Waals surface area contributed by atoms with Gasteiger partial charge in [0.15, 0.2) is 0 Å². The summed E-state index contributed by atoms with van der Waals surface area (Å²) >= 11 is 0. The Hall–Kier alpha value is -2.14. The van der Waals surface area contributed by atoms with Gasteiger partial charge in [-0.15, -0.1) is 0 Å². The number of ketones is 1. The molecule has 22 heavy (non-hydrogen) atoms. The Morgan fingerprint density at radius 3 is 2.05 bits per heavy atom. The highest BCUT2D eigenvalue weighted by atomic mass is 32.2. The summed E-state index contributed by atoms with van der Waals surface area (Å²) in [5, 5.41) is 0. The molecule has 2 aromatic carbocycles. The normalized spacial score (nSPS) is 12.7. The Morgan fingerprint density at radius 2 is 1.55 bits per heavy atom. The lowest BCUT2D eigenvalue weighted by molar-refractivity contribution is -0.118. The first-order chi connectivity index (χ1) is 10.3. The van der Waals surface area contributed by atoms with Crippen LogP contribution in [0.1, 0.15) is 30.9 Å². The van der Waals surface area contributed by atoms with Crippen molar-refractivity contribution in [3.63, 3.8) is 0 Å². The molecule has 5 heteroatoms. The van der Waals surface area contributed by atoms with Crippen LogP contribution in [-0.4, -0.2) is 14.2 Å². The van der Waals surface area contributed by atoms with Crippen LogP contribution in [-0.2, 0) is 14.9 Å². The third-order valence-electron chi connectivity index (χ3n) is 3.51. The van der Waals surface area contributed by atoms with Crippen LogP contribution in [0.5, 0.6) is 5.75 Å². The van der Waals surface area contributed by atoms with E-state index in [9.17, 15) is 13.2 Å². The van der Waals surface area contributed by atoms with E-state index in [1.807, 2.05) is 6.92 Å². The number of hydrogen-bond donors (Lipinski definition) is 0. The Kier molecular flexibility index (Phi) is 4.66. The fraction of sp³-hybridized carbons (Fsp3) is 0.235. The molecule has 0 N–H and O–H groups in total. The van der Waals surface area contributed by atoms with E-state index in [1.165, 1.54) is 19.1 Å². The number of hydrogen-bond acceptors (Lipinski definition) is 4. The monoisotopic (exact) mass is 318 g/mol. The molecule has 2 aromatic rings. The minimum atomic E-state index is -3.85. The first-order valence-electron chi connectivity index (χ1n) is 6.91. The fourth-order valence-electron chi connectivity index (χ4n) is 1.93.